The van der Waals surface area contributed by atoms with E-state index in [1.807, 2.05) is 0 Å². The van der Waals surface area contributed by atoms with Crippen LogP contribution in [0.1, 0.15) is 11.6 Å². The van der Waals surface area contributed by atoms with Crippen molar-refractivity contribution >= 4 is 43.3 Å². The molecule has 1 atom stereocenters. The molecular weight excluding hydrogens is 366 g/mol. The highest BCUT2D eigenvalue weighted by molar-refractivity contribution is 9.11. The van der Waals surface area contributed by atoms with Gasteiger partial charge in [-0.3, -0.25) is 4.79 Å². The van der Waals surface area contributed by atoms with Gasteiger partial charge in [0.1, 0.15) is 10.3 Å². The summed E-state index contributed by atoms with van der Waals surface area (Å²) < 4.78 is 27.2. The molecule has 1 aromatic heterocycles. The lowest BCUT2D eigenvalue weighted by atomic mass is 10.1. The highest BCUT2D eigenvalue weighted by Crippen LogP contribution is 2.27. The van der Waals surface area contributed by atoms with Crippen LogP contribution in [0.3, 0.4) is 0 Å². The number of carbonyl (C=O) groups is 1. The van der Waals surface area contributed by atoms with Crippen LogP contribution in [-0.4, -0.2) is 19.5 Å². The van der Waals surface area contributed by atoms with Gasteiger partial charge in [0.05, 0.1) is 3.79 Å². The molecule has 0 aliphatic rings. The molecule has 0 amide bonds. The van der Waals surface area contributed by atoms with E-state index in [9.17, 15) is 18.3 Å². The highest BCUT2D eigenvalue weighted by Gasteiger charge is 2.27. The molecule has 1 heterocycles. The first-order valence-corrected chi connectivity index (χ1v) is 8.55. The Kier molecular flexibility index (Phi) is 4.59. The number of nitrogens with one attached hydrogen (secondary N) is 1. The largest absolute Gasteiger partial charge is 0.480 e. The SMILES string of the molecule is O=C(O)C(NS(=O)(=O)c1ccc(Br)s1)c1ccccc1. The minimum atomic E-state index is -3.87. The first-order valence-electron chi connectivity index (χ1n) is 5.45. The minimum absolute atomic E-state index is 0.0616. The topological polar surface area (TPSA) is 83.5 Å². The van der Waals surface area contributed by atoms with Gasteiger partial charge in [-0.25, -0.2) is 8.42 Å². The summed E-state index contributed by atoms with van der Waals surface area (Å²) >= 11 is 4.19. The zero-order chi connectivity index (χ0) is 14.8. The van der Waals surface area contributed by atoms with Crippen LogP contribution < -0.4 is 4.72 Å². The molecule has 1 aromatic carbocycles. The monoisotopic (exact) mass is 375 g/mol. The fraction of sp³-hybridized carbons (Fsp3) is 0.0833. The molecule has 1 unspecified atom stereocenters. The van der Waals surface area contributed by atoms with Gasteiger partial charge in [-0.05, 0) is 33.6 Å². The number of hydrogen-bond acceptors (Lipinski definition) is 4. The van der Waals surface area contributed by atoms with Crippen LogP contribution in [-0.2, 0) is 14.8 Å². The average molecular weight is 376 g/mol. The van der Waals surface area contributed by atoms with Crippen molar-refractivity contribution in [2.45, 2.75) is 10.3 Å². The Labute approximate surface area is 128 Å². The number of thiophene rings is 1. The molecule has 2 N–H and O–H groups in total. The van der Waals surface area contributed by atoms with Crippen molar-refractivity contribution < 1.29 is 18.3 Å². The Hall–Kier alpha value is -1.22. The fourth-order valence-electron chi connectivity index (χ4n) is 1.56. The van der Waals surface area contributed by atoms with E-state index in [1.165, 1.54) is 6.07 Å². The number of carboxylic acids is 1. The quantitative estimate of drug-likeness (QED) is 0.840. The van der Waals surface area contributed by atoms with Crippen molar-refractivity contribution in [3.63, 3.8) is 0 Å². The second kappa shape index (κ2) is 6.04. The zero-order valence-corrected chi connectivity index (χ0v) is 13.2. The number of aliphatic carboxylic acids is 1. The van der Waals surface area contributed by atoms with Crippen molar-refractivity contribution in [1.29, 1.82) is 0 Å². The van der Waals surface area contributed by atoms with Crippen LogP contribution in [0.25, 0.3) is 0 Å². The standard InChI is InChI=1S/C12H10BrNO4S2/c13-9-6-7-10(19-9)20(17,18)14-11(12(15)16)8-4-2-1-3-5-8/h1-7,11,14H,(H,15,16). The maximum atomic E-state index is 12.1. The molecule has 2 rings (SSSR count). The molecule has 5 nitrogen and oxygen atoms in total. The number of carboxylic acid groups (broad SMARTS) is 1. The van der Waals surface area contributed by atoms with E-state index in [4.69, 9.17) is 0 Å². The van der Waals surface area contributed by atoms with Crippen LogP contribution >= 0.6 is 27.3 Å². The van der Waals surface area contributed by atoms with Crippen LogP contribution in [0.4, 0.5) is 0 Å². The summed E-state index contributed by atoms with van der Waals surface area (Å²) in [5.41, 5.74) is 0.374. The van der Waals surface area contributed by atoms with Gasteiger partial charge in [0.2, 0.25) is 0 Å². The molecule has 2 aromatic rings. The molecule has 0 saturated carbocycles. The minimum Gasteiger partial charge on any atom is -0.480 e. The van der Waals surface area contributed by atoms with E-state index in [0.717, 1.165) is 11.3 Å². The predicted octanol–water partition coefficient (Wildman–Crippen LogP) is 2.61. The van der Waals surface area contributed by atoms with Crippen molar-refractivity contribution in [1.82, 2.24) is 4.72 Å². The number of benzene rings is 1. The first kappa shape index (κ1) is 15.2. The van der Waals surface area contributed by atoms with Crippen LogP contribution in [0, 0.1) is 0 Å². The summed E-state index contributed by atoms with van der Waals surface area (Å²) in [4.78, 5) is 11.3. The molecule has 0 fully saturated rings. The van der Waals surface area contributed by atoms with Crippen molar-refractivity contribution in [2.75, 3.05) is 0 Å². The lowest BCUT2D eigenvalue weighted by molar-refractivity contribution is -0.139. The number of sulfonamides is 1. The molecular formula is C12H10BrNO4S2. The van der Waals surface area contributed by atoms with Crippen LogP contribution in [0.5, 0.6) is 0 Å². The summed E-state index contributed by atoms with van der Waals surface area (Å²) in [6.07, 6.45) is 0. The molecule has 20 heavy (non-hydrogen) atoms. The molecule has 0 bridgehead atoms. The van der Waals surface area contributed by atoms with Crippen molar-refractivity contribution in [3.05, 3.63) is 51.8 Å². The van der Waals surface area contributed by atoms with E-state index >= 15 is 0 Å². The van der Waals surface area contributed by atoms with E-state index in [0.29, 0.717) is 9.35 Å². The third-order valence-corrected chi connectivity index (χ3v) is 6.00. The van der Waals surface area contributed by atoms with Gasteiger partial charge < -0.3 is 5.11 Å². The number of halogens is 1. The number of hydrogen-bond donors (Lipinski definition) is 2. The van der Waals surface area contributed by atoms with Gasteiger partial charge >= 0.3 is 5.97 Å². The van der Waals surface area contributed by atoms with E-state index in [-0.39, 0.29) is 4.21 Å². The van der Waals surface area contributed by atoms with Gasteiger partial charge in [-0.2, -0.15) is 4.72 Å². The van der Waals surface area contributed by atoms with Crippen LogP contribution in [0.2, 0.25) is 0 Å². The number of rotatable bonds is 5. The Morgan fingerprint density at radius 2 is 1.85 bits per heavy atom. The van der Waals surface area contributed by atoms with Crippen molar-refractivity contribution in [3.8, 4) is 0 Å². The van der Waals surface area contributed by atoms with Gasteiger partial charge in [0.15, 0.2) is 0 Å². The Morgan fingerprint density at radius 3 is 2.35 bits per heavy atom. The normalized spacial score (nSPS) is 13.1. The highest BCUT2D eigenvalue weighted by atomic mass is 79.9. The second-order valence-corrected chi connectivity index (χ2v) is 8.27. The summed E-state index contributed by atoms with van der Waals surface area (Å²) in [6.45, 7) is 0. The van der Waals surface area contributed by atoms with Gasteiger partial charge in [0, 0.05) is 0 Å². The molecule has 8 heteroatoms. The Morgan fingerprint density at radius 1 is 1.20 bits per heavy atom. The molecule has 0 radical (unpaired) electrons. The van der Waals surface area contributed by atoms with E-state index in [2.05, 4.69) is 20.7 Å². The lowest BCUT2D eigenvalue weighted by Gasteiger charge is -2.14. The average Bonchev–Trinajstić information content (AvgIpc) is 2.84. The lowest BCUT2D eigenvalue weighted by Crippen LogP contribution is -2.33. The molecule has 0 aliphatic carbocycles. The van der Waals surface area contributed by atoms with Crippen LogP contribution in [0.15, 0.2) is 50.5 Å². The summed E-state index contributed by atoms with van der Waals surface area (Å²) in [7, 11) is -3.87. The molecule has 0 spiro atoms. The van der Waals surface area contributed by atoms with E-state index in [1.54, 1.807) is 36.4 Å². The summed E-state index contributed by atoms with van der Waals surface area (Å²) in [5.74, 6) is -1.25. The second-order valence-electron chi connectivity index (χ2n) is 3.86. The third kappa shape index (κ3) is 3.45. The summed E-state index contributed by atoms with van der Waals surface area (Å²) in [6, 6.07) is 9.85. The van der Waals surface area contributed by atoms with Crippen molar-refractivity contribution in [2.24, 2.45) is 0 Å². The Bertz CT molecular complexity index is 712. The fourth-order valence-corrected chi connectivity index (χ4v) is 4.77. The van der Waals surface area contributed by atoms with Gasteiger partial charge in [0.25, 0.3) is 10.0 Å². The van der Waals surface area contributed by atoms with Gasteiger partial charge in [-0.15, -0.1) is 11.3 Å². The smallest absolute Gasteiger partial charge is 0.326 e. The zero-order valence-electron chi connectivity index (χ0n) is 9.99. The molecule has 0 aliphatic heterocycles. The first-order chi connectivity index (χ1) is 9.40. The summed E-state index contributed by atoms with van der Waals surface area (Å²) in [5, 5.41) is 9.21. The molecule has 106 valence electrons. The maximum absolute atomic E-state index is 12.1. The maximum Gasteiger partial charge on any atom is 0.326 e. The Balaban J connectivity index is 2.32. The van der Waals surface area contributed by atoms with E-state index < -0.39 is 22.0 Å². The van der Waals surface area contributed by atoms with Gasteiger partial charge in [-0.1, -0.05) is 30.3 Å². The third-order valence-electron chi connectivity index (χ3n) is 2.47. The molecule has 0 saturated heterocycles. The predicted molar refractivity (Wildman–Crippen MR) is 79.2 cm³/mol.